The molecule has 0 aromatic heterocycles. The van der Waals surface area contributed by atoms with Crippen molar-refractivity contribution in [2.24, 2.45) is 39.4 Å². The molecule has 2 heterocycles. The highest BCUT2D eigenvalue weighted by Crippen LogP contribution is 2.91. The minimum atomic E-state index is -1.57. The maximum absolute atomic E-state index is 14.9. The van der Waals surface area contributed by atoms with E-state index in [2.05, 4.69) is 19.1 Å². The molecule has 10 rings (SSSR count). The summed E-state index contributed by atoms with van der Waals surface area (Å²) in [4.78, 5) is 42.6. The van der Waals surface area contributed by atoms with Crippen molar-refractivity contribution in [2.75, 3.05) is 13.4 Å². The Morgan fingerprint density at radius 2 is 1.60 bits per heavy atom. The van der Waals surface area contributed by atoms with E-state index < -0.39 is 51.9 Å². The van der Waals surface area contributed by atoms with Gasteiger partial charge in [-0.2, -0.15) is 0 Å². The first kappa shape index (κ1) is 32.6. The molecule has 2 aliphatic heterocycles. The van der Waals surface area contributed by atoms with E-state index in [1.54, 1.807) is 0 Å². The van der Waals surface area contributed by atoms with E-state index in [-0.39, 0.29) is 30.2 Å². The lowest BCUT2D eigenvalue weighted by atomic mass is 9.33. The number of carbonyl (C=O) groups is 3. The zero-order valence-electron chi connectivity index (χ0n) is 29.1. The second-order valence-corrected chi connectivity index (χ2v) is 16.8. The monoisotopic (exact) mass is 678 g/mol. The molecule has 0 amide bonds. The summed E-state index contributed by atoms with van der Waals surface area (Å²) in [7, 11) is 0. The molecule has 4 saturated carbocycles. The van der Waals surface area contributed by atoms with Crippen molar-refractivity contribution in [1.82, 2.24) is 0 Å². The molecular weight excluding hydrogens is 632 g/mol. The van der Waals surface area contributed by atoms with Crippen LogP contribution in [0.4, 0.5) is 0 Å². The van der Waals surface area contributed by atoms with Crippen LogP contribution in [0.1, 0.15) is 64.0 Å². The number of carbonyl (C=O) groups excluding carboxylic acids is 3. The fourth-order valence-corrected chi connectivity index (χ4v) is 12.4. The van der Waals surface area contributed by atoms with E-state index in [1.807, 2.05) is 62.4 Å². The largest absolute Gasteiger partial charge is 0.381 e. The number of hydrogen-bond donors (Lipinski definition) is 1. The SMILES string of the molecule is C=C1[C@@]23C4=C(CC[C@@]2(C)[C@]1([C@@H]1C[C@H]1COCc1ccccc1)C[C@@H]3OCOCc1ccccc1)C(=O)[C@]12CC(=O)[C@H](O1)C(C)(C)[C@H]2C(=O)C4O. The minimum Gasteiger partial charge on any atom is -0.381 e. The highest BCUT2D eigenvalue weighted by Gasteiger charge is 2.89. The van der Waals surface area contributed by atoms with Crippen LogP contribution in [0.15, 0.2) is 84.0 Å². The average molecular weight is 679 g/mol. The molecular formula is C42H46O8. The fraction of sp³-hybridized carbons (Fsp3) is 0.548. The van der Waals surface area contributed by atoms with Gasteiger partial charge >= 0.3 is 0 Å². The van der Waals surface area contributed by atoms with Crippen molar-refractivity contribution in [2.45, 2.75) is 90.0 Å². The number of aliphatic hydroxyl groups is 1. The predicted octanol–water partition coefficient (Wildman–Crippen LogP) is 5.71. The lowest BCUT2D eigenvalue weighted by Gasteiger charge is -2.70. The van der Waals surface area contributed by atoms with E-state index in [9.17, 15) is 19.5 Å². The smallest absolute Gasteiger partial charge is 0.191 e. The summed E-state index contributed by atoms with van der Waals surface area (Å²) in [6.45, 7) is 12.3. The molecule has 8 heteroatoms. The van der Waals surface area contributed by atoms with Crippen molar-refractivity contribution in [3.05, 3.63) is 95.1 Å². The van der Waals surface area contributed by atoms with Crippen LogP contribution in [0.25, 0.3) is 0 Å². The van der Waals surface area contributed by atoms with Crippen LogP contribution in [0, 0.1) is 39.4 Å². The summed E-state index contributed by atoms with van der Waals surface area (Å²) in [5.41, 5.74) is -0.127. The highest BCUT2D eigenvalue weighted by atomic mass is 16.7. The number of ketones is 3. The molecule has 2 saturated heterocycles. The molecule has 1 N–H and O–H groups in total. The van der Waals surface area contributed by atoms with Crippen LogP contribution >= 0.6 is 0 Å². The molecule has 6 fully saturated rings. The molecule has 8 nitrogen and oxygen atoms in total. The van der Waals surface area contributed by atoms with Crippen LogP contribution < -0.4 is 0 Å². The van der Waals surface area contributed by atoms with Gasteiger partial charge in [0.15, 0.2) is 17.3 Å². The van der Waals surface area contributed by atoms with Crippen molar-refractivity contribution < 1.29 is 38.4 Å². The van der Waals surface area contributed by atoms with E-state index in [1.165, 1.54) is 0 Å². The van der Waals surface area contributed by atoms with Crippen LogP contribution in [0.3, 0.4) is 0 Å². The van der Waals surface area contributed by atoms with Gasteiger partial charge in [0.1, 0.15) is 24.6 Å². The Balaban J connectivity index is 1.07. The average Bonchev–Trinajstić information content (AvgIpc) is 3.53. The minimum absolute atomic E-state index is 0.0223. The Morgan fingerprint density at radius 1 is 0.940 bits per heavy atom. The van der Waals surface area contributed by atoms with Gasteiger partial charge in [-0.25, -0.2) is 0 Å². The molecule has 2 aromatic carbocycles. The third-order valence-electron chi connectivity index (χ3n) is 14.4. The van der Waals surface area contributed by atoms with Crippen LogP contribution in [-0.2, 0) is 46.5 Å². The first-order valence-corrected chi connectivity index (χ1v) is 18.2. The molecule has 262 valence electrons. The summed E-state index contributed by atoms with van der Waals surface area (Å²) < 4.78 is 25.3. The quantitative estimate of drug-likeness (QED) is 0.194. The van der Waals surface area contributed by atoms with Gasteiger partial charge in [-0.15, -0.1) is 0 Å². The van der Waals surface area contributed by atoms with E-state index in [0.29, 0.717) is 62.1 Å². The summed E-state index contributed by atoms with van der Waals surface area (Å²) >= 11 is 0. The van der Waals surface area contributed by atoms with E-state index in [0.717, 1.165) is 23.1 Å². The van der Waals surface area contributed by atoms with Gasteiger partial charge in [-0.3, -0.25) is 14.4 Å². The number of hydrogen-bond acceptors (Lipinski definition) is 8. The molecule has 10 atom stereocenters. The maximum Gasteiger partial charge on any atom is 0.191 e. The molecule has 1 unspecified atom stereocenters. The number of aliphatic hydroxyl groups excluding tert-OH is 1. The number of ether oxygens (including phenoxy) is 4. The Bertz CT molecular complexity index is 1830. The summed E-state index contributed by atoms with van der Waals surface area (Å²) in [6.07, 6.45) is -0.198. The molecule has 4 bridgehead atoms. The molecule has 6 aliphatic carbocycles. The zero-order valence-corrected chi connectivity index (χ0v) is 29.1. The third-order valence-corrected chi connectivity index (χ3v) is 14.4. The first-order valence-electron chi connectivity index (χ1n) is 18.2. The van der Waals surface area contributed by atoms with Crippen molar-refractivity contribution in [3.63, 3.8) is 0 Å². The Morgan fingerprint density at radius 3 is 2.28 bits per heavy atom. The fourth-order valence-electron chi connectivity index (χ4n) is 12.4. The number of benzene rings is 2. The standard InChI is InChI=1S/C42H46O8/c1-24-40(29-17-27(29)22-47-20-25-11-7-5-8-12-25)19-31(49-23-48-21-26-13-9-6-10-14-26)42(24)32-28(15-16-39(40,42)4)36(46)41-18-30(43)37(50-41)38(2,3)35(41)34(45)33(32)44/h5-14,27,29,31,33,35,37,44H,1,15-23H2,2-4H3/t27-,29+,31-,33?,35+,37-,39-,40+,41+,42+/m0/s1. The number of Topliss-reactive ketones (excluding diaryl/α,β-unsaturated/α-hetero) is 3. The lowest BCUT2D eigenvalue weighted by Crippen LogP contribution is -2.67. The Hall–Kier alpha value is -3.27. The highest BCUT2D eigenvalue weighted by molar-refractivity contribution is 6.15. The van der Waals surface area contributed by atoms with Gasteiger partial charge < -0.3 is 24.1 Å². The normalized spacial score (nSPS) is 41.8. The molecule has 2 spiro atoms. The van der Waals surface area contributed by atoms with Crippen LogP contribution in [0.5, 0.6) is 0 Å². The zero-order chi connectivity index (χ0) is 34.8. The predicted molar refractivity (Wildman–Crippen MR) is 182 cm³/mol. The van der Waals surface area contributed by atoms with Crippen molar-refractivity contribution in [3.8, 4) is 0 Å². The van der Waals surface area contributed by atoms with Gasteiger partial charge in [0.05, 0.1) is 31.8 Å². The number of rotatable bonds is 10. The van der Waals surface area contributed by atoms with E-state index in [4.69, 9.17) is 25.5 Å². The van der Waals surface area contributed by atoms with Gasteiger partial charge in [0.2, 0.25) is 0 Å². The van der Waals surface area contributed by atoms with Gasteiger partial charge in [-0.05, 0) is 59.6 Å². The topological polar surface area (TPSA) is 108 Å². The van der Waals surface area contributed by atoms with Crippen LogP contribution in [-0.4, -0.2) is 59.8 Å². The van der Waals surface area contributed by atoms with Crippen LogP contribution in [0.2, 0.25) is 0 Å². The number of fused-ring (bicyclic) bond motifs is 2. The second-order valence-electron chi connectivity index (χ2n) is 16.8. The van der Waals surface area contributed by atoms with Gasteiger partial charge in [0, 0.05) is 28.2 Å². The third kappa shape index (κ3) is 3.87. The second kappa shape index (κ2) is 10.9. The van der Waals surface area contributed by atoms with Crippen molar-refractivity contribution >= 4 is 17.3 Å². The van der Waals surface area contributed by atoms with Crippen molar-refractivity contribution in [1.29, 1.82) is 0 Å². The first-order chi connectivity index (χ1) is 23.9. The summed E-state index contributed by atoms with van der Waals surface area (Å²) in [6, 6.07) is 20.1. The summed E-state index contributed by atoms with van der Waals surface area (Å²) in [5.74, 6) is -1.15. The molecule has 8 aliphatic rings. The summed E-state index contributed by atoms with van der Waals surface area (Å²) in [5, 5.41) is 12.3. The lowest BCUT2D eigenvalue weighted by molar-refractivity contribution is -0.156. The molecule has 2 aromatic rings. The maximum atomic E-state index is 14.9. The Kier molecular flexibility index (Phi) is 7.10. The van der Waals surface area contributed by atoms with E-state index >= 15 is 0 Å². The van der Waals surface area contributed by atoms with Gasteiger partial charge in [0.25, 0.3) is 0 Å². The molecule has 0 radical (unpaired) electrons. The Labute approximate surface area is 293 Å². The molecule has 50 heavy (non-hydrogen) atoms. The van der Waals surface area contributed by atoms with Gasteiger partial charge in [-0.1, -0.05) is 93.6 Å².